The van der Waals surface area contributed by atoms with Crippen LogP contribution in [0, 0.1) is 12.7 Å². The Morgan fingerprint density at radius 2 is 1.77 bits per heavy atom. The average molecular weight is 299 g/mol. The van der Waals surface area contributed by atoms with Crippen molar-refractivity contribution in [1.29, 1.82) is 0 Å². The summed E-state index contributed by atoms with van der Waals surface area (Å²) in [5.74, 6) is 0.535. The summed E-state index contributed by atoms with van der Waals surface area (Å²) < 4.78 is 12.9. The van der Waals surface area contributed by atoms with Gasteiger partial charge < -0.3 is 10.6 Å². The standard InChI is InChI=1S/C18H22FN3/c1-3-20-18(21-12-15-8-10-17(19)11-9-15)22-13-16-7-5-4-6-14(16)2/h4-11H,3,12-13H2,1-2H3,(H2,20,21,22). The first-order valence-electron chi connectivity index (χ1n) is 7.50. The van der Waals surface area contributed by atoms with E-state index in [1.165, 1.54) is 23.3 Å². The molecule has 0 fully saturated rings. The van der Waals surface area contributed by atoms with Gasteiger partial charge in [0.05, 0.1) is 6.54 Å². The smallest absolute Gasteiger partial charge is 0.191 e. The number of benzene rings is 2. The monoisotopic (exact) mass is 299 g/mol. The highest BCUT2D eigenvalue weighted by Gasteiger charge is 2.00. The van der Waals surface area contributed by atoms with E-state index in [4.69, 9.17) is 0 Å². The predicted molar refractivity (Wildman–Crippen MR) is 89.2 cm³/mol. The van der Waals surface area contributed by atoms with Crippen molar-refractivity contribution in [3.8, 4) is 0 Å². The van der Waals surface area contributed by atoms with Crippen LogP contribution in [0.1, 0.15) is 23.6 Å². The lowest BCUT2D eigenvalue weighted by atomic mass is 10.1. The molecule has 0 radical (unpaired) electrons. The normalized spacial score (nSPS) is 11.3. The molecule has 2 N–H and O–H groups in total. The molecular weight excluding hydrogens is 277 g/mol. The van der Waals surface area contributed by atoms with E-state index in [0.29, 0.717) is 6.54 Å². The number of rotatable bonds is 5. The molecule has 4 heteroatoms. The largest absolute Gasteiger partial charge is 0.357 e. The van der Waals surface area contributed by atoms with E-state index in [0.717, 1.165) is 24.6 Å². The van der Waals surface area contributed by atoms with Crippen LogP contribution < -0.4 is 10.6 Å². The van der Waals surface area contributed by atoms with E-state index >= 15 is 0 Å². The molecule has 0 spiro atoms. The highest BCUT2D eigenvalue weighted by Crippen LogP contribution is 2.06. The number of hydrogen-bond acceptors (Lipinski definition) is 1. The van der Waals surface area contributed by atoms with Crippen molar-refractivity contribution < 1.29 is 4.39 Å². The summed E-state index contributed by atoms with van der Waals surface area (Å²) in [5.41, 5.74) is 3.48. The van der Waals surface area contributed by atoms with Crippen LogP contribution in [-0.2, 0) is 13.1 Å². The van der Waals surface area contributed by atoms with Gasteiger partial charge >= 0.3 is 0 Å². The highest BCUT2D eigenvalue weighted by atomic mass is 19.1. The molecule has 2 aromatic rings. The molecule has 0 saturated heterocycles. The maximum atomic E-state index is 12.9. The lowest BCUT2D eigenvalue weighted by molar-refractivity contribution is 0.627. The van der Waals surface area contributed by atoms with Crippen LogP contribution in [0.2, 0.25) is 0 Å². The van der Waals surface area contributed by atoms with Gasteiger partial charge in [0.15, 0.2) is 5.96 Å². The Hall–Kier alpha value is -2.36. The molecule has 2 rings (SSSR count). The summed E-state index contributed by atoms with van der Waals surface area (Å²) in [6, 6.07) is 14.7. The minimum Gasteiger partial charge on any atom is -0.357 e. The van der Waals surface area contributed by atoms with Gasteiger partial charge in [0, 0.05) is 13.1 Å². The molecule has 0 amide bonds. The van der Waals surface area contributed by atoms with Crippen molar-refractivity contribution in [2.24, 2.45) is 4.99 Å². The van der Waals surface area contributed by atoms with Gasteiger partial charge in [-0.05, 0) is 42.7 Å². The van der Waals surface area contributed by atoms with Gasteiger partial charge in [-0.1, -0.05) is 36.4 Å². The number of nitrogens with one attached hydrogen (secondary N) is 2. The van der Waals surface area contributed by atoms with Crippen LogP contribution in [0.5, 0.6) is 0 Å². The van der Waals surface area contributed by atoms with Gasteiger partial charge in [0.25, 0.3) is 0 Å². The average Bonchev–Trinajstić information content (AvgIpc) is 2.53. The summed E-state index contributed by atoms with van der Waals surface area (Å²) >= 11 is 0. The second-order valence-corrected chi connectivity index (χ2v) is 5.10. The van der Waals surface area contributed by atoms with Gasteiger partial charge in [-0.15, -0.1) is 0 Å². The third-order valence-corrected chi connectivity index (χ3v) is 3.38. The van der Waals surface area contributed by atoms with E-state index < -0.39 is 0 Å². The zero-order chi connectivity index (χ0) is 15.8. The van der Waals surface area contributed by atoms with E-state index in [1.807, 2.05) is 19.1 Å². The van der Waals surface area contributed by atoms with Crippen molar-refractivity contribution in [2.45, 2.75) is 26.9 Å². The van der Waals surface area contributed by atoms with Gasteiger partial charge in [-0.25, -0.2) is 9.38 Å². The lowest BCUT2D eigenvalue weighted by Crippen LogP contribution is -2.36. The van der Waals surface area contributed by atoms with Gasteiger partial charge in [-0.2, -0.15) is 0 Å². The van der Waals surface area contributed by atoms with Crippen LogP contribution >= 0.6 is 0 Å². The Balaban J connectivity index is 1.98. The minimum atomic E-state index is -0.225. The Morgan fingerprint density at radius 3 is 2.45 bits per heavy atom. The molecule has 0 heterocycles. The Morgan fingerprint density at radius 1 is 1.05 bits per heavy atom. The van der Waals surface area contributed by atoms with Crippen molar-refractivity contribution in [3.05, 3.63) is 71.0 Å². The molecule has 0 aliphatic heterocycles. The van der Waals surface area contributed by atoms with Gasteiger partial charge in [0.1, 0.15) is 5.82 Å². The fourth-order valence-electron chi connectivity index (χ4n) is 2.09. The molecule has 0 aliphatic carbocycles. The van der Waals surface area contributed by atoms with Crippen molar-refractivity contribution >= 4 is 5.96 Å². The molecule has 0 unspecified atom stereocenters. The van der Waals surface area contributed by atoms with Crippen LogP contribution in [-0.4, -0.2) is 12.5 Å². The van der Waals surface area contributed by atoms with Gasteiger partial charge in [-0.3, -0.25) is 0 Å². The molecule has 3 nitrogen and oxygen atoms in total. The summed E-state index contributed by atoms with van der Waals surface area (Å²) in [4.78, 5) is 4.53. The Kier molecular flexibility index (Phi) is 5.95. The van der Waals surface area contributed by atoms with Crippen molar-refractivity contribution in [3.63, 3.8) is 0 Å². The van der Waals surface area contributed by atoms with Crippen LogP contribution in [0.15, 0.2) is 53.5 Å². The van der Waals surface area contributed by atoms with Crippen molar-refractivity contribution in [2.75, 3.05) is 6.54 Å². The number of aryl methyl sites for hydroxylation is 1. The third kappa shape index (κ3) is 4.88. The first kappa shape index (κ1) is 16.0. The fourth-order valence-corrected chi connectivity index (χ4v) is 2.09. The first-order valence-corrected chi connectivity index (χ1v) is 7.50. The number of halogens is 1. The zero-order valence-electron chi connectivity index (χ0n) is 13.1. The number of aliphatic imine (C=N–C) groups is 1. The number of nitrogens with zero attached hydrogens (tertiary/aromatic N) is 1. The Bertz CT molecular complexity index is 620. The van der Waals surface area contributed by atoms with Crippen LogP contribution in [0.25, 0.3) is 0 Å². The van der Waals surface area contributed by atoms with E-state index in [1.54, 1.807) is 12.1 Å². The van der Waals surface area contributed by atoms with Crippen molar-refractivity contribution in [1.82, 2.24) is 10.6 Å². The lowest BCUT2D eigenvalue weighted by Gasteiger charge is -2.12. The number of hydrogen-bond donors (Lipinski definition) is 2. The predicted octanol–water partition coefficient (Wildman–Crippen LogP) is 3.39. The van der Waals surface area contributed by atoms with E-state index in [-0.39, 0.29) is 5.82 Å². The SMILES string of the molecule is CCNC(=NCc1ccc(F)cc1)NCc1ccccc1C. The molecule has 0 bridgehead atoms. The molecule has 116 valence electrons. The molecule has 0 saturated carbocycles. The first-order chi connectivity index (χ1) is 10.7. The van der Waals surface area contributed by atoms with Crippen LogP contribution in [0.4, 0.5) is 4.39 Å². The zero-order valence-corrected chi connectivity index (χ0v) is 13.1. The molecule has 0 atom stereocenters. The maximum Gasteiger partial charge on any atom is 0.191 e. The molecule has 22 heavy (non-hydrogen) atoms. The molecule has 0 aromatic heterocycles. The summed E-state index contributed by atoms with van der Waals surface area (Å²) in [6.07, 6.45) is 0. The second kappa shape index (κ2) is 8.17. The Labute approximate surface area is 131 Å². The number of guanidine groups is 1. The third-order valence-electron chi connectivity index (χ3n) is 3.38. The quantitative estimate of drug-likeness (QED) is 0.656. The topological polar surface area (TPSA) is 36.4 Å². The van der Waals surface area contributed by atoms with Crippen LogP contribution in [0.3, 0.4) is 0 Å². The minimum absolute atomic E-state index is 0.225. The molecule has 2 aromatic carbocycles. The molecule has 0 aliphatic rings. The summed E-state index contributed by atoms with van der Waals surface area (Å²) in [6.45, 7) is 6.16. The van der Waals surface area contributed by atoms with E-state index in [9.17, 15) is 4.39 Å². The summed E-state index contributed by atoms with van der Waals surface area (Å²) in [7, 11) is 0. The fraction of sp³-hybridized carbons (Fsp3) is 0.278. The summed E-state index contributed by atoms with van der Waals surface area (Å²) in [5, 5.41) is 6.54. The second-order valence-electron chi connectivity index (χ2n) is 5.10. The van der Waals surface area contributed by atoms with Gasteiger partial charge in [0.2, 0.25) is 0 Å². The molecular formula is C18H22FN3. The maximum absolute atomic E-state index is 12.9. The highest BCUT2D eigenvalue weighted by molar-refractivity contribution is 5.79. The van der Waals surface area contributed by atoms with E-state index in [2.05, 4.69) is 34.7 Å².